The summed E-state index contributed by atoms with van der Waals surface area (Å²) in [5.74, 6) is -0.862. The van der Waals surface area contributed by atoms with E-state index < -0.39 is 11.6 Å². The molecule has 0 atom stereocenters. The molecule has 1 N–H and O–H groups in total. The molecule has 7 nitrogen and oxygen atoms in total. The minimum absolute atomic E-state index is 0.0682. The smallest absolute Gasteiger partial charge is 0.254 e. The number of rotatable bonds is 5. The van der Waals surface area contributed by atoms with Gasteiger partial charge in [0, 0.05) is 57.7 Å². The first-order valence-corrected chi connectivity index (χ1v) is 11.3. The fourth-order valence-corrected chi connectivity index (χ4v) is 4.55. The minimum Gasteiger partial charge on any atom is -0.352 e. The van der Waals surface area contributed by atoms with E-state index in [1.54, 1.807) is 31.4 Å². The number of aromatic nitrogens is 3. The molecule has 2 aromatic heterocycles. The van der Waals surface area contributed by atoms with Gasteiger partial charge in [-0.2, -0.15) is 0 Å². The predicted molar refractivity (Wildman–Crippen MR) is 128 cm³/mol. The number of hydrogen-bond donors (Lipinski definition) is 1. The van der Waals surface area contributed by atoms with Crippen molar-refractivity contribution in [2.45, 2.75) is 6.42 Å². The van der Waals surface area contributed by atoms with Gasteiger partial charge in [0.25, 0.3) is 5.91 Å². The van der Waals surface area contributed by atoms with Crippen LogP contribution in [0.15, 0.2) is 42.7 Å². The number of carbonyl (C=O) groups is 1. The largest absolute Gasteiger partial charge is 0.352 e. The molecule has 1 fully saturated rings. The van der Waals surface area contributed by atoms with E-state index in [0.29, 0.717) is 12.0 Å². The van der Waals surface area contributed by atoms with Gasteiger partial charge >= 0.3 is 0 Å². The molecule has 4 aromatic rings. The molecule has 0 unspecified atom stereocenters. The standard InChI is InChI=1S/C25H26F2N6O/c1-31(2)25(34)17-4-3-5-20-21(17)22-23(30-20)24(29-15-28-22)33-12-10-32(11-13-33)9-8-16-6-7-18(26)19(27)14-16/h3-7,14-15,30H,8-13H2,1-2H3. The van der Waals surface area contributed by atoms with Gasteiger partial charge < -0.3 is 14.8 Å². The topological polar surface area (TPSA) is 68.4 Å². The SMILES string of the molecule is CN(C)C(=O)c1cccc2[nH]c3c(N4CCN(CCc5ccc(F)c(F)c5)CC4)ncnc3c12. The maximum Gasteiger partial charge on any atom is 0.254 e. The van der Waals surface area contributed by atoms with Gasteiger partial charge in [0.15, 0.2) is 17.5 Å². The van der Waals surface area contributed by atoms with Crippen molar-refractivity contribution in [3.63, 3.8) is 0 Å². The Morgan fingerprint density at radius 2 is 1.85 bits per heavy atom. The third-order valence-electron chi connectivity index (χ3n) is 6.40. The van der Waals surface area contributed by atoms with E-state index in [9.17, 15) is 13.6 Å². The van der Waals surface area contributed by atoms with Crippen LogP contribution in [0.5, 0.6) is 0 Å². The highest BCUT2D eigenvalue weighted by atomic mass is 19.2. The molecule has 1 aliphatic heterocycles. The summed E-state index contributed by atoms with van der Waals surface area (Å²) in [5, 5.41) is 0.810. The number of fused-ring (bicyclic) bond motifs is 3. The van der Waals surface area contributed by atoms with Gasteiger partial charge in [0.2, 0.25) is 0 Å². The molecule has 2 aromatic carbocycles. The van der Waals surface area contributed by atoms with E-state index in [4.69, 9.17) is 0 Å². The van der Waals surface area contributed by atoms with Gasteiger partial charge in [0.1, 0.15) is 17.4 Å². The van der Waals surface area contributed by atoms with Crippen LogP contribution in [-0.4, -0.2) is 77.5 Å². The number of nitrogens with zero attached hydrogens (tertiary/aromatic N) is 5. The Balaban J connectivity index is 1.34. The van der Waals surface area contributed by atoms with Crippen LogP contribution >= 0.6 is 0 Å². The van der Waals surface area contributed by atoms with Crippen molar-refractivity contribution in [3.05, 3.63) is 65.5 Å². The van der Waals surface area contributed by atoms with Gasteiger partial charge in [-0.05, 0) is 36.2 Å². The van der Waals surface area contributed by atoms with E-state index in [2.05, 4.69) is 24.8 Å². The number of anilines is 1. The van der Waals surface area contributed by atoms with E-state index in [-0.39, 0.29) is 5.91 Å². The fraction of sp³-hybridized carbons (Fsp3) is 0.320. The lowest BCUT2D eigenvalue weighted by molar-refractivity contribution is 0.0829. The van der Waals surface area contributed by atoms with Crippen LogP contribution in [0.2, 0.25) is 0 Å². The molecule has 1 amide bonds. The van der Waals surface area contributed by atoms with Crippen LogP contribution in [-0.2, 0) is 6.42 Å². The molecule has 0 bridgehead atoms. The summed E-state index contributed by atoms with van der Waals surface area (Å²) in [5.41, 5.74) is 3.83. The van der Waals surface area contributed by atoms with E-state index in [0.717, 1.165) is 66.0 Å². The second-order valence-corrected chi connectivity index (χ2v) is 8.80. The van der Waals surface area contributed by atoms with Crippen LogP contribution in [0.4, 0.5) is 14.6 Å². The quantitative estimate of drug-likeness (QED) is 0.490. The number of aromatic amines is 1. The normalized spacial score (nSPS) is 14.8. The summed E-state index contributed by atoms with van der Waals surface area (Å²) < 4.78 is 26.6. The first-order valence-electron chi connectivity index (χ1n) is 11.3. The molecule has 3 heterocycles. The molecule has 1 saturated heterocycles. The van der Waals surface area contributed by atoms with E-state index in [1.165, 1.54) is 12.1 Å². The minimum atomic E-state index is -0.816. The zero-order valence-corrected chi connectivity index (χ0v) is 19.2. The van der Waals surface area contributed by atoms with Crippen LogP contribution in [0.1, 0.15) is 15.9 Å². The predicted octanol–water partition coefficient (Wildman–Crippen LogP) is 3.46. The molecule has 0 saturated carbocycles. The average molecular weight is 465 g/mol. The number of benzene rings is 2. The van der Waals surface area contributed by atoms with Crippen molar-refractivity contribution in [2.24, 2.45) is 0 Å². The highest BCUT2D eigenvalue weighted by molar-refractivity contribution is 6.17. The van der Waals surface area contributed by atoms with E-state index in [1.807, 2.05) is 18.2 Å². The molecule has 9 heteroatoms. The van der Waals surface area contributed by atoms with Gasteiger partial charge in [-0.25, -0.2) is 18.7 Å². The van der Waals surface area contributed by atoms with Crippen LogP contribution in [0.3, 0.4) is 0 Å². The molecule has 34 heavy (non-hydrogen) atoms. The number of nitrogens with one attached hydrogen (secondary N) is 1. The highest BCUT2D eigenvalue weighted by Gasteiger charge is 2.23. The van der Waals surface area contributed by atoms with Gasteiger partial charge in [-0.3, -0.25) is 9.69 Å². The summed E-state index contributed by atoms with van der Waals surface area (Å²) in [6.07, 6.45) is 2.22. The number of amides is 1. The molecular formula is C25H26F2N6O. The van der Waals surface area contributed by atoms with Crippen molar-refractivity contribution < 1.29 is 13.6 Å². The zero-order chi connectivity index (χ0) is 23.8. The summed E-state index contributed by atoms with van der Waals surface area (Å²) in [4.78, 5) is 31.3. The average Bonchev–Trinajstić information content (AvgIpc) is 3.23. The number of piperazine rings is 1. The maximum absolute atomic E-state index is 13.5. The van der Waals surface area contributed by atoms with Gasteiger partial charge in [-0.1, -0.05) is 12.1 Å². The first-order chi connectivity index (χ1) is 16.4. The second kappa shape index (κ2) is 8.98. The van der Waals surface area contributed by atoms with Crippen LogP contribution in [0.25, 0.3) is 21.9 Å². The number of hydrogen-bond acceptors (Lipinski definition) is 5. The van der Waals surface area contributed by atoms with Crippen LogP contribution in [0, 0.1) is 11.6 Å². The lowest BCUT2D eigenvalue weighted by Gasteiger charge is -2.35. The molecule has 0 aliphatic carbocycles. The summed E-state index contributed by atoms with van der Waals surface area (Å²) in [6.45, 7) is 4.01. The number of H-pyrrole nitrogens is 1. The van der Waals surface area contributed by atoms with Crippen molar-refractivity contribution in [3.8, 4) is 0 Å². The molecule has 0 radical (unpaired) electrons. The van der Waals surface area contributed by atoms with Gasteiger partial charge in [-0.15, -0.1) is 0 Å². The molecule has 5 rings (SSSR count). The lowest BCUT2D eigenvalue weighted by atomic mass is 10.1. The Kier molecular flexibility index (Phi) is 5.87. The summed E-state index contributed by atoms with van der Waals surface area (Å²) >= 11 is 0. The third kappa shape index (κ3) is 4.07. The molecule has 1 aliphatic rings. The highest BCUT2D eigenvalue weighted by Crippen LogP contribution is 2.32. The number of carbonyl (C=O) groups excluding carboxylic acids is 1. The monoisotopic (exact) mass is 464 g/mol. The Morgan fingerprint density at radius 1 is 1.06 bits per heavy atom. The first kappa shape index (κ1) is 22.2. The Hall–Kier alpha value is -3.59. The molecule has 176 valence electrons. The van der Waals surface area contributed by atoms with Crippen molar-refractivity contribution in [1.29, 1.82) is 0 Å². The Bertz CT molecular complexity index is 1360. The number of halogens is 2. The Labute approximate surface area is 196 Å². The van der Waals surface area contributed by atoms with Gasteiger partial charge in [0.05, 0.1) is 5.56 Å². The van der Waals surface area contributed by atoms with E-state index >= 15 is 0 Å². The zero-order valence-electron chi connectivity index (χ0n) is 19.2. The summed E-state index contributed by atoms with van der Waals surface area (Å²) in [7, 11) is 3.48. The fourth-order valence-electron chi connectivity index (χ4n) is 4.55. The van der Waals surface area contributed by atoms with Crippen molar-refractivity contribution >= 4 is 33.7 Å². The lowest BCUT2D eigenvalue weighted by Crippen LogP contribution is -2.47. The Morgan fingerprint density at radius 3 is 2.59 bits per heavy atom. The van der Waals surface area contributed by atoms with Crippen LogP contribution < -0.4 is 4.90 Å². The second-order valence-electron chi connectivity index (χ2n) is 8.80. The van der Waals surface area contributed by atoms with Crippen molar-refractivity contribution in [1.82, 2.24) is 24.8 Å². The molecule has 0 spiro atoms. The summed E-state index contributed by atoms with van der Waals surface area (Å²) in [6, 6.07) is 9.73. The third-order valence-corrected chi connectivity index (χ3v) is 6.40. The molecular weight excluding hydrogens is 438 g/mol. The maximum atomic E-state index is 13.5. The van der Waals surface area contributed by atoms with Crippen molar-refractivity contribution in [2.75, 3.05) is 51.7 Å².